The van der Waals surface area contributed by atoms with Crippen molar-refractivity contribution in [1.82, 2.24) is 20.9 Å². The van der Waals surface area contributed by atoms with E-state index in [-0.39, 0.29) is 23.5 Å². The number of nitrogens with one attached hydrogen (secondary N) is 3. The lowest BCUT2D eigenvalue weighted by Crippen LogP contribution is -2.61. The van der Waals surface area contributed by atoms with Gasteiger partial charge in [-0.05, 0) is 81.6 Å². The molecule has 3 amide bonds. The van der Waals surface area contributed by atoms with Crippen LogP contribution in [0.15, 0.2) is 24.3 Å². The zero-order valence-electron chi connectivity index (χ0n) is 20.1. The van der Waals surface area contributed by atoms with E-state index in [0.717, 1.165) is 69.5 Å². The quantitative estimate of drug-likeness (QED) is 0.590. The third-order valence-electron chi connectivity index (χ3n) is 8.50. The van der Waals surface area contributed by atoms with E-state index in [1.165, 1.54) is 30.4 Å². The minimum atomic E-state index is -0.0887. The molecule has 0 atom stereocenters. The second-order valence-electron chi connectivity index (χ2n) is 11.4. The zero-order valence-corrected chi connectivity index (χ0v) is 20.1. The maximum atomic E-state index is 12.5. The van der Waals surface area contributed by atoms with Crippen LogP contribution in [-0.2, 0) is 11.3 Å². The Hall–Kier alpha value is -2.08. The van der Waals surface area contributed by atoms with Gasteiger partial charge < -0.3 is 16.0 Å². The van der Waals surface area contributed by atoms with E-state index in [1.54, 1.807) is 0 Å². The van der Waals surface area contributed by atoms with Gasteiger partial charge in [0.15, 0.2) is 0 Å². The summed E-state index contributed by atoms with van der Waals surface area (Å²) >= 11 is 0. The van der Waals surface area contributed by atoms with E-state index < -0.39 is 0 Å². The highest BCUT2D eigenvalue weighted by Gasteiger charge is 2.51. The number of hydrogen-bond acceptors (Lipinski definition) is 3. The van der Waals surface area contributed by atoms with E-state index in [1.807, 2.05) is 0 Å². The fourth-order valence-electron chi connectivity index (χ4n) is 7.44. The number of carbonyl (C=O) groups excluding carboxylic acids is 2. The Labute approximate surface area is 198 Å². The van der Waals surface area contributed by atoms with Crippen LogP contribution in [0.3, 0.4) is 0 Å². The first-order chi connectivity index (χ1) is 15.9. The van der Waals surface area contributed by atoms with Crippen molar-refractivity contribution in [1.29, 1.82) is 0 Å². The van der Waals surface area contributed by atoms with E-state index >= 15 is 0 Å². The SMILES string of the molecule is Cc1cccc(CN2CCC(NC(=O)CCNC(=O)NC34CC5CC(CC(C5)C3)C4)CC2)c1. The fraction of sp³-hybridized carbons (Fsp3) is 0.704. The second kappa shape index (κ2) is 9.65. The molecule has 6 rings (SSSR count). The lowest BCUT2D eigenvalue weighted by Gasteiger charge is -2.56. The van der Waals surface area contributed by atoms with Crippen LogP contribution in [0.1, 0.15) is 68.9 Å². The van der Waals surface area contributed by atoms with Crippen LogP contribution in [-0.4, -0.2) is 48.1 Å². The largest absolute Gasteiger partial charge is 0.353 e. The summed E-state index contributed by atoms with van der Waals surface area (Å²) in [4.78, 5) is 27.4. The Kier molecular flexibility index (Phi) is 6.64. The predicted molar refractivity (Wildman–Crippen MR) is 130 cm³/mol. The molecule has 33 heavy (non-hydrogen) atoms. The molecule has 0 aromatic heterocycles. The number of likely N-dealkylation sites (tertiary alicyclic amines) is 1. The summed E-state index contributed by atoms with van der Waals surface area (Å²) < 4.78 is 0. The number of amides is 3. The van der Waals surface area contributed by atoms with Crippen molar-refractivity contribution in [3.05, 3.63) is 35.4 Å². The first-order valence-electron chi connectivity index (χ1n) is 13.1. The Bertz CT molecular complexity index is 826. The van der Waals surface area contributed by atoms with Crippen molar-refractivity contribution >= 4 is 11.9 Å². The van der Waals surface area contributed by atoms with E-state index in [9.17, 15) is 9.59 Å². The summed E-state index contributed by atoms with van der Waals surface area (Å²) in [6.45, 7) is 5.52. The summed E-state index contributed by atoms with van der Waals surface area (Å²) in [6.07, 6.45) is 9.86. The van der Waals surface area contributed by atoms with Gasteiger partial charge in [-0.25, -0.2) is 4.79 Å². The minimum Gasteiger partial charge on any atom is -0.353 e. The van der Waals surface area contributed by atoms with Crippen molar-refractivity contribution in [2.75, 3.05) is 19.6 Å². The predicted octanol–water partition coefficient (Wildman–Crippen LogP) is 3.73. The molecule has 5 fully saturated rings. The molecule has 0 spiro atoms. The maximum absolute atomic E-state index is 12.5. The summed E-state index contributed by atoms with van der Waals surface area (Å²) in [5.41, 5.74) is 2.68. The van der Waals surface area contributed by atoms with E-state index in [0.29, 0.717) is 13.0 Å². The van der Waals surface area contributed by atoms with Gasteiger partial charge in [0.05, 0.1) is 0 Å². The molecule has 1 heterocycles. The molecule has 3 N–H and O–H groups in total. The van der Waals surface area contributed by atoms with Crippen molar-refractivity contribution in [2.45, 2.75) is 82.8 Å². The first kappa shape index (κ1) is 22.7. The molecule has 4 aliphatic carbocycles. The van der Waals surface area contributed by atoms with Gasteiger partial charge >= 0.3 is 6.03 Å². The Morgan fingerprint density at radius 2 is 1.70 bits per heavy atom. The molecule has 0 radical (unpaired) electrons. The topological polar surface area (TPSA) is 73.5 Å². The molecule has 4 saturated carbocycles. The van der Waals surface area contributed by atoms with Crippen LogP contribution in [0.4, 0.5) is 4.79 Å². The average molecular weight is 453 g/mol. The molecule has 0 unspecified atom stereocenters. The minimum absolute atomic E-state index is 0.0213. The molecule has 4 bridgehead atoms. The third kappa shape index (κ3) is 5.71. The van der Waals surface area contributed by atoms with E-state index in [4.69, 9.17) is 0 Å². The van der Waals surface area contributed by atoms with Gasteiger partial charge in [0.25, 0.3) is 0 Å². The van der Waals surface area contributed by atoms with Gasteiger partial charge in [0.2, 0.25) is 5.91 Å². The van der Waals surface area contributed by atoms with Crippen LogP contribution < -0.4 is 16.0 Å². The number of piperidine rings is 1. The molecule has 1 aliphatic heterocycles. The number of rotatable bonds is 7. The van der Waals surface area contributed by atoms with Crippen molar-refractivity contribution in [3.63, 3.8) is 0 Å². The van der Waals surface area contributed by atoms with Crippen molar-refractivity contribution in [3.8, 4) is 0 Å². The standard InChI is InChI=1S/C27H40N4O2/c1-19-3-2-4-20(11-19)18-31-9-6-24(7-10-31)29-25(32)5-8-28-26(33)30-27-15-21-12-22(16-27)14-23(13-21)17-27/h2-4,11,21-24H,5-10,12-18H2,1H3,(H,29,32)(H2,28,30,33). The lowest BCUT2D eigenvalue weighted by molar-refractivity contribution is -0.122. The van der Waals surface area contributed by atoms with Gasteiger partial charge in [-0.3, -0.25) is 9.69 Å². The second-order valence-corrected chi connectivity index (χ2v) is 11.4. The third-order valence-corrected chi connectivity index (χ3v) is 8.50. The highest BCUT2D eigenvalue weighted by atomic mass is 16.2. The smallest absolute Gasteiger partial charge is 0.315 e. The molecular weight excluding hydrogens is 412 g/mol. The Morgan fingerprint density at radius 1 is 1.03 bits per heavy atom. The normalized spacial score (nSPS) is 31.4. The van der Waals surface area contributed by atoms with Crippen LogP contribution in [0.5, 0.6) is 0 Å². The molecular formula is C27H40N4O2. The van der Waals surface area contributed by atoms with Gasteiger partial charge in [0, 0.05) is 44.2 Å². The molecule has 1 saturated heterocycles. The Morgan fingerprint density at radius 3 is 2.33 bits per heavy atom. The molecule has 1 aromatic rings. The number of benzene rings is 1. The zero-order chi connectivity index (χ0) is 22.8. The van der Waals surface area contributed by atoms with Gasteiger partial charge in [-0.1, -0.05) is 29.8 Å². The summed E-state index contributed by atoms with van der Waals surface area (Å²) in [5.74, 6) is 2.48. The molecule has 1 aromatic carbocycles. The van der Waals surface area contributed by atoms with Crippen LogP contribution in [0, 0.1) is 24.7 Å². The number of nitrogens with zero attached hydrogens (tertiary/aromatic N) is 1. The van der Waals surface area contributed by atoms with Crippen LogP contribution in [0.25, 0.3) is 0 Å². The summed E-state index contributed by atoms with van der Waals surface area (Å²) in [7, 11) is 0. The fourth-order valence-corrected chi connectivity index (χ4v) is 7.44. The summed E-state index contributed by atoms with van der Waals surface area (Å²) in [6, 6.07) is 8.84. The Balaban J connectivity index is 0.978. The number of hydrogen-bond donors (Lipinski definition) is 3. The molecule has 180 valence electrons. The van der Waals surface area contributed by atoms with Crippen molar-refractivity contribution in [2.24, 2.45) is 17.8 Å². The van der Waals surface area contributed by atoms with Crippen LogP contribution in [0.2, 0.25) is 0 Å². The van der Waals surface area contributed by atoms with Gasteiger partial charge in [-0.15, -0.1) is 0 Å². The summed E-state index contributed by atoms with van der Waals surface area (Å²) in [5, 5.41) is 9.44. The highest BCUT2D eigenvalue weighted by molar-refractivity contribution is 5.78. The monoisotopic (exact) mass is 452 g/mol. The molecule has 5 aliphatic rings. The number of aryl methyl sites for hydroxylation is 1. The highest BCUT2D eigenvalue weighted by Crippen LogP contribution is 2.55. The number of urea groups is 1. The van der Waals surface area contributed by atoms with Gasteiger partial charge in [0.1, 0.15) is 0 Å². The van der Waals surface area contributed by atoms with Gasteiger partial charge in [-0.2, -0.15) is 0 Å². The maximum Gasteiger partial charge on any atom is 0.315 e. The van der Waals surface area contributed by atoms with E-state index in [2.05, 4.69) is 52.0 Å². The van der Waals surface area contributed by atoms with Crippen molar-refractivity contribution < 1.29 is 9.59 Å². The molecule has 6 nitrogen and oxygen atoms in total. The first-order valence-corrected chi connectivity index (χ1v) is 13.1. The number of carbonyl (C=O) groups is 2. The van der Waals surface area contributed by atoms with Crippen LogP contribution >= 0.6 is 0 Å². The average Bonchev–Trinajstić information content (AvgIpc) is 2.74. The molecule has 6 heteroatoms. The lowest BCUT2D eigenvalue weighted by atomic mass is 9.53.